The van der Waals surface area contributed by atoms with Crippen LogP contribution in [-0.4, -0.2) is 12.4 Å². The van der Waals surface area contributed by atoms with Crippen LogP contribution in [0.2, 0.25) is 5.02 Å². The Hall–Kier alpha value is -1.49. The summed E-state index contributed by atoms with van der Waals surface area (Å²) in [5, 5.41) is 0.506. The van der Waals surface area contributed by atoms with Gasteiger partial charge in [-0.15, -0.1) is 0 Å². The van der Waals surface area contributed by atoms with Crippen LogP contribution in [0.3, 0.4) is 0 Å². The Labute approximate surface area is 102 Å². The number of hydrogen-bond donors (Lipinski definition) is 1. The van der Waals surface area contributed by atoms with Crippen molar-refractivity contribution in [2.75, 3.05) is 0 Å². The number of benzene rings is 1. The Morgan fingerprint density at radius 2 is 2.06 bits per heavy atom. The van der Waals surface area contributed by atoms with Gasteiger partial charge in [-0.1, -0.05) is 11.6 Å². The molecule has 6 heteroatoms. The molecule has 1 rings (SSSR count). The molecule has 2 N–H and O–H groups in total. The highest BCUT2D eigenvalue weighted by Crippen LogP contribution is 2.26. The normalized spacial score (nSPS) is 13.4. The van der Waals surface area contributed by atoms with E-state index in [4.69, 9.17) is 17.3 Å². The van der Waals surface area contributed by atoms with E-state index in [1.165, 1.54) is 0 Å². The van der Waals surface area contributed by atoms with Gasteiger partial charge in [0, 0.05) is 17.4 Å². The molecule has 0 saturated carbocycles. The van der Waals surface area contributed by atoms with Crippen molar-refractivity contribution in [3.8, 4) is 0 Å². The van der Waals surface area contributed by atoms with E-state index >= 15 is 0 Å². The van der Waals surface area contributed by atoms with Gasteiger partial charge in [0.2, 0.25) is 0 Å². The first kappa shape index (κ1) is 13.6. The number of aliphatic imine (C=N–C) groups is 1. The summed E-state index contributed by atoms with van der Waals surface area (Å²) in [4.78, 5) is 3.73. The van der Waals surface area contributed by atoms with Crippen molar-refractivity contribution in [2.45, 2.75) is 13.1 Å². The van der Waals surface area contributed by atoms with Crippen LogP contribution in [0.5, 0.6) is 0 Å². The molecular weight excluding hydrogens is 253 g/mol. The number of alkyl halides is 3. The Morgan fingerprint density at radius 1 is 1.41 bits per heavy atom. The molecule has 92 valence electrons. The molecule has 0 fully saturated rings. The number of nitrogens with two attached hydrogens (primary N) is 1. The number of hydrogen-bond acceptors (Lipinski definition) is 2. The minimum absolute atomic E-state index is 0.415. The van der Waals surface area contributed by atoms with Crippen LogP contribution in [0.4, 0.5) is 18.9 Å². The van der Waals surface area contributed by atoms with E-state index in [9.17, 15) is 13.2 Å². The Morgan fingerprint density at radius 3 is 2.53 bits per heavy atom. The summed E-state index contributed by atoms with van der Waals surface area (Å²) < 4.78 is 37.0. The van der Waals surface area contributed by atoms with Crippen molar-refractivity contribution in [1.29, 1.82) is 0 Å². The maximum Gasteiger partial charge on any atom is 0.419 e. The Balaban J connectivity index is 2.98. The van der Waals surface area contributed by atoms with Gasteiger partial charge in [0.15, 0.2) is 0 Å². The van der Waals surface area contributed by atoms with E-state index in [1.807, 2.05) is 0 Å². The first-order valence-electron chi connectivity index (χ1n) is 4.64. The zero-order valence-corrected chi connectivity index (χ0v) is 9.68. The molecule has 1 aromatic rings. The zero-order chi connectivity index (χ0) is 13.1. The maximum absolute atomic E-state index is 12.3. The summed E-state index contributed by atoms with van der Waals surface area (Å²) >= 11 is 5.72. The van der Waals surface area contributed by atoms with Gasteiger partial charge in [0.1, 0.15) is 0 Å². The van der Waals surface area contributed by atoms with E-state index < -0.39 is 11.7 Å². The third-order valence-electron chi connectivity index (χ3n) is 2.01. The van der Waals surface area contributed by atoms with Crippen LogP contribution in [-0.2, 0) is 0 Å². The molecule has 0 aliphatic carbocycles. The summed E-state index contributed by atoms with van der Waals surface area (Å²) in [5.74, 6) is 0. The van der Waals surface area contributed by atoms with Gasteiger partial charge >= 0.3 is 6.18 Å². The maximum atomic E-state index is 12.3. The van der Waals surface area contributed by atoms with E-state index in [-0.39, 0.29) is 0 Å². The first-order chi connectivity index (χ1) is 7.84. The van der Waals surface area contributed by atoms with E-state index in [1.54, 1.807) is 25.1 Å². The molecule has 0 heterocycles. The van der Waals surface area contributed by atoms with Crippen LogP contribution in [0.1, 0.15) is 5.56 Å². The molecule has 1 aromatic carbocycles. The molecule has 0 bridgehead atoms. The van der Waals surface area contributed by atoms with Crippen LogP contribution in [0.15, 0.2) is 35.0 Å². The Bertz CT molecular complexity index is 464. The van der Waals surface area contributed by atoms with Crippen LogP contribution in [0, 0.1) is 6.92 Å². The lowest BCUT2D eigenvalue weighted by Gasteiger charge is -2.06. The fourth-order valence-electron chi connectivity index (χ4n) is 1.11. The lowest BCUT2D eigenvalue weighted by Crippen LogP contribution is -2.14. The fraction of sp³-hybridized carbons (Fsp3) is 0.182. The number of nitrogens with zero attached hydrogens (tertiary/aromatic N) is 1. The summed E-state index contributed by atoms with van der Waals surface area (Å²) in [5.41, 5.74) is 5.00. The van der Waals surface area contributed by atoms with Gasteiger partial charge in [0.05, 0.1) is 11.3 Å². The topological polar surface area (TPSA) is 38.4 Å². The van der Waals surface area contributed by atoms with E-state index in [0.29, 0.717) is 28.7 Å². The first-order valence-corrected chi connectivity index (χ1v) is 5.01. The fourth-order valence-corrected chi connectivity index (χ4v) is 1.34. The minimum Gasteiger partial charge on any atom is -0.404 e. The highest BCUT2D eigenvalue weighted by molar-refractivity contribution is 6.30. The number of rotatable bonds is 2. The molecule has 0 amide bonds. The molecule has 2 nitrogen and oxygen atoms in total. The minimum atomic E-state index is -4.50. The molecule has 0 aliphatic rings. The summed E-state index contributed by atoms with van der Waals surface area (Å²) in [6.07, 6.45) is -3.33. The van der Waals surface area contributed by atoms with Crippen molar-refractivity contribution in [2.24, 2.45) is 10.7 Å². The van der Waals surface area contributed by atoms with Crippen LogP contribution in [0.25, 0.3) is 0 Å². The second kappa shape index (κ2) is 5.23. The van der Waals surface area contributed by atoms with Gasteiger partial charge in [-0.2, -0.15) is 13.2 Å². The Kier molecular flexibility index (Phi) is 4.17. The highest BCUT2D eigenvalue weighted by atomic mass is 35.5. The predicted octanol–water partition coefficient (Wildman–Crippen LogP) is 3.76. The van der Waals surface area contributed by atoms with Crippen molar-refractivity contribution < 1.29 is 13.2 Å². The largest absolute Gasteiger partial charge is 0.419 e. The predicted molar refractivity (Wildman–Crippen MR) is 62.7 cm³/mol. The third-order valence-corrected chi connectivity index (χ3v) is 2.24. The lowest BCUT2D eigenvalue weighted by atomic mass is 10.2. The summed E-state index contributed by atoms with van der Waals surface area (Å²) in [6, 6.07) is 4.72. The average Bonchev–Trinajstić information content (AvgIpc) is 2.19. The van der Waals surface area contributed by atoms with Gasteiger partial charge < -0.3 is 5.73 Å². The molecule has 0 spiro atoms. The molecule has 0 atom stereocenters. The van der Waals surface area contributed by atoms with Gasteiger partial charge in [-0.05, 0) is 30.7 Å². The van der Waals surface area contributed by atoms with Crippen LogP contribution >= 0.6 is 11.6 Å². The quantitative estimate of drug-likeness (QED) is 0.810. The van der Waals surface area contributed by atoms with Crippen molar-refractivity contribution in [1.82, 2.24) is 0 Å². The zero-order valence-electron chi connectivity index (χ0n) is 8.92. The van der Waals surface area contributed by atoms with Crippen molar-refractivity contribution in [3.05, 3.63) is 40.6 Å². The molecule has 0 saturated heterocycles. The van der Waals surface area contributed by atoms with E-state index in [2.05, 4.69) is 4.99 Å². The average molecular weight is 263 g/mol. The van der Waals surface area contributed by atoms with Gasteiger partial charge in [-0.25, -0.2) is 0 Å². The van der Waals surface area contributed by atoms with Crippen molar-refractivity contribution in [3.63, 3.8) is 0 Å². The molecule has 17 heavy (non-hydrogen) atoms. The smallest absolute Gasteiger partial charge is 0.404 e. The number of allylic oxidation sites excluding steroid dienone is 1. The lowest BCUT2D eigenvalue weighted by molar-refractivity contribution is -0.0857. The molecule has 0 unspecified atom stereocenters. The molecule has 0 radical (unpaired) electrons. The second-order valence-corrected chi connectivity index (χ2v) is 3.75. The monoisotopic (exact) mass is 262 g/mol. The number of halogens is 4. The van der Waals surface area contributed by atoms with Gasteiger partial charge in [0.25, 0.3) is 0 Å². The van der Waals surface area contributed by atoms with Crippen molar-refractivity contribution >= 4 is 23.5 Å². The third kappa shape index (κ3) is 3.78. The molecular formula is C11H10ClF3N2. The SMILES string of the molecule is Cc1cc(Cl)ccc1N=CC(=CN)C(F)(F)F. The highest BCUT2D eigenvalue weighted by Gasteiger charge is 2.32. The summed E-state index contributed by atoms with van der Waals surface area (Å²) in [7, 11) is 0. The van der Waals surface area contributed by atoms with Crippen LogP contribution < -0.4 is 5.73 Å². The summed E-state index contributed by atoms with van der Waals surface area (Å²) in [6.45, 7) is 1.71. The van der Waals surface area contributed by atoms with E-state index in [0.717, 1.165) is 0 Å². The van der Waals surface area contributed by atoms with Gasteiger partial charge in [-0.3, -0.25) is 4.99 Å². The second-order valence-electron chi connectivity index (χ2n) is 3.31. The number of aryl methyl sites for hydroxylation is 1. The molecule has 0 aromatic heterocycles. The molecule has 0 aliphatic heterocycles. The standard InChI is InChI=1S/C11H10ClF3N2/c1-7-4-9(12)2-3-10(7)17-6-8(5-16)11(13,14)15/h2-6H,16H2,1H3.